The molecule has 1 aromatic rings. The van der Waals surface area contributed by atoms with E-state index in [1.165, 1.54) is 25.5 Å². The van der Waals surface area contributed by atoms with Crippen LogP contribution in [0, 0.1) is 11.7 Å². The molecule has 0 spiro atoms. The van der Waals surface area contributed by atoms with Crippen LogP contribution in [0.1, 0.15) is 36.0 Å². The molecule has 2 rings (SSSR count). The molecule has 0 radical (unpaired) electrons. The van der Waals surface area contributed by atoms with E-state index in [2.05, 4.69) is 0 Å². The van der Waals surface area contributed by atoms with E-state index in [-0.39, 0.29) is 23.0 Å². The number of ketones is 1. The third kappa shape index (κ3) is 3.61. The van der Waals surface area contributed by atoms with Gasteiger partial charge in [0.15, 0.2) is 17.3 Å². The summed E-state index contributed by atoms with van der Waals surface area (Å²) in [4.78, 5) is 12.4. The number of hydrogen-bond donors (Lipinski definition) is 0. The fourth-order valence-corrected chi connectivity index (χ4v) is 4.00. The van der Waals surface area contributed by atoms with E-state index in [0.29, 0.717) is 25.7 Å². The predicted molar refractivity (Wildman–Crippen MR) is 77.9 cm³/mol. The lowest BCUT2D eigenvalue weighted by Gasteiger charge is -2.27. The summed E-state index contributed by atoms with van der Waals surface area (Å²) in [5, 5.41) is -0.469. The molecule has 1 fully saturated rings. The molecule has 0 aliphatic heterocycles. The number of halogens is 1. The lowest BCUT2D eigenvalue weighted by molar-refractivity contribution is 0.0890. The molecule has 0 aromatic heterocycles. The van der Waals surface area contributed by atoms with Crippen LogP contribution in [0.3, 0.4) is 0 Å². The minimum atomic E-state index is -3.14. The second-order valence-electron chi connectivity index (χ2n) is 5.53. The summed E-state index contributed by atoms with van der Waals surface area (Å²) in [7, 11) is -1.78. The number of carbonyl (C=O) groups excluding carboxylic acids is 1. The van der Waals surface area contributed by atoms with Crippen LogP contribution in [0.2, 0.25) is 0 Å². The number of Topliss-reactive ketones (excluding diaryl/α,β-unsaturated/α-hetero) is 1. The molecule has 0 N–H and O–H groups in total. The summed E-state index contributed by atoms with van der Waals surface area (Å²) >= 11 is 0. The Hall–Kier alpha value is -1.43. The Morgan fingerprint density at radius 1 is 1.33 bits per heavy atom. The number of ether oxygens (including phenoxy) is 1. The Balaban J connectivity index is 2.18. The third-order valence-corrected chi connectivity index (χ3v) is 5.68. The standard InChI is InChI=1S/C15H19FO4S/c1-20-14-7-6-11(9-13(14)16)15(17)10-4-3-5-12(8-10)21(2,18)19/h6-7,9-10,12H,3-5,8H2,1-2H3. The SMILES string of the molecule is COc1ccc(C(=O)C2CCCC(S(C)(=O)=O)C2)cc1F. The maximum absolute atomic E-state index is 13.7. The van der Waals surface area contributed by atoms with Crippen molar-refractivity contribution in [1.29, 1.82) is 0 Å². The zero-order valence-corrected chi connectivity index (χ0v) is 13.0. The topological polar surface area (TPSA) is 60.4 Å². The van der Waals surface area contributed by atoms with Gasteiger partial charge in [0, 0.05) is 17.7 Å². The first-order chi connectivity index (χ1) is 9.82. The number of methoxy groups -OCH3 is 1. The Morgan fingerprint density at radius 3 is 2.62 bits per heavy atom. The zero-order chi connectivity index (χ0) is 15.6. The minimum Gasteiger partial charge on any atom is -0.494 e. The first kappa shape index (κ1) is 15.9. The molecule has 0 saturated heterocycles. The molecule has 2 atom stereocenters. The van der Waals surface area contributed by atoms with Crippen molar-refractivity contribution in [3.63, 3.8) is 0 Å². The Bertz CT molecular complexity index is 639. The maximum Gasteiger partial charge on any atom is 0.166 e. The predicted octanol–water partition coefficient (Wildman–Crippen LogP) is 2.62. The quantitative estimate of drug-likeness (QED) is 0.802. The smallest absolute Gasteiger partial charge is 0.166 e. The van der Waals surface area contributed by atoms with Crippen molar-refractivity contribution in [3.05, 3.63) is 29.6 Å². The number of carbonyl (C=O) groups is 1. The van der Waals surface area contributed by atoms with Crippen LogP contribution in [0.5, 0.6) is 5.75 Å². The molecule has 1 saturated carbocycles. The van der Waals surface area contributed by atoms with Crippen LogP contribution in [-0.2, 0) is 9.84 Å². The molecule has 6 heteroatoms. The van der Waals surface area contributed by atoms with Crippen molar-refractivity contribution in [1.82, 2.24) is 0 Å². The summed E-state index contributed by atoms with van der Waals surface area (Å²) in [6.45, 7) is 0. The largest absolute Gasteiger partial charge is 0.494 e. The van der Waals surface area contributed by atoms with Crippen LogP contribution in [0.25, 0.3) is 0 Å². The van der Waals surface area contributed by atoms with Crippen LogP contribution in [-0.4, -0.2) is 32.8 Å². The normalized spacial score (nSPS) is 22.8. The average Bonchev–Trinajstić information content (AvgIpc) is 2.45. The highest BCUT2D eigenvalue weighted by atomic mass is 32.2. The van der Waals surface area contributed by atoms with Gasteiger partial charge in [-0.15, -0.1) is 0 Å². The van der Waals surface area contributed by atoms with E-state index in [9.17, 15) is 17.6 Å². The van der Waals surface area contributed by atoms with Gasteiger partial charge in [-0.05, 0) is 37.5 Å². The van der Waals surface area contributed by atoms with E-state index in [4.69, 9.17) is 4.74 Å². The molecule has 1 aliphatic carbocycles. The molecule has 116 valence electrons. The highest BCUT2D eigenvalue weighted by molar-refractivity contribution is 7.91. The Morgan fingerprint density at radius 2 is 2.05 bits per heavy atom. The van der Waals surface area contributed by atoms with Gasteiger partial charge in [0.1, 0.15) is 9.84 Å². The fourth-order valence-electron chi connectivity index (χ4n) is 2.83. The van der Waals surface area contributed by atoms with E-state index < -0.39 is 20.9 Å². The van der Waals surface area contributed by atoms with E-state index >= 15 is 0 Å². The fraction of sp³-hybridized carbons (Fsp3) is 0.533. The summed E-state index contributed by atoms with van der Waals surface area (Å²) in [5.74, 6) is -1.04. The summed E-state index contributed by atoms with van der Waals surface area (Å²) in [5.41, 5.74) is 0.271. The Kier molecular flexibility index (Phi) is 4.66. The van der Waals surface area contributed by atoms with Crippen molar-refractivity contribution in [2.75, 3.05) is 13.4 Å². The second-order valence-corrected chi connectivity index (χ2v) is 7.85. The van der Waals surface area contributed by atoms with Crippen LogP contribution >= 0.6 is 0 Å². The first-order valence-electron chi connectivity index (χ1n) is 6.89. The number of benzene rings is 1. The number of sulfone groups is 1. The van der Waals surface area contributed by atoms with Gasteiger partial charge in [0.05, 0.1) is 12.4 Å². The maximum atomic E-state index is 13.7. The molecular weight excluding hydrogens is 295 g/mol. The highest BCUT2D eigenvalue weighted by Gasteiger charge is 2.33. The molecule has 4 nitrogen and oxygen atoms in total. The van der Waals surface area contributed by atoms with Crippen LogP contribution in [0.4, 0.5) is 4.39 Å². The van der Waals surface area contributed by atoms with Crippen LogP contribution in [0.15, 0.2) is 18.2 Å². The third-order valence-electron chi connectivity index (χ3n) is 4.04. The van der Waals surface area contributed by atoms with Crippen molar-refractivity contribution in [3.8, 4) is 5.75 Å². The van der Waals surface area contributed by atoms with Gasteiger partial charge in [0.2, 0.25) is 0 Å². The minimum absolute atomic E-state index is 0.0872. The number of rotatable bonds is 4. The van der Waals surface area contributed by atoms with Gasteiger partial charge < -0.3 is 4.74 Å². The first-order valence-corrected chi connectivity index (χ1v) is 8.85. The monoisotopic (exact) mass is 314 g/mol. The molecule has 1 aromatic carbocycles. The summed E-state index contributed by atoms with van der Waals surface area (Å²) in [6.07, 6.45) is 3.48. The molecule has 0 amide bonds. The molecule has 2 unspecified atom stereocenters. The van der Waals surface area contributed by atoms with Gasteiger partial charge in [-0.25, -0.2) is 12.8 Å². The molecule has 21 heavy (non-hydrogen) atoms. The van der Waals surface area contributed by atoms with Crippen molar-refractivity contribution in [2.45, 2.75) is 30.9 Å². The second kappa shape index (κ2) is 6.13. The zero-order valence-electron chi connectivity index (χ0n) is 12.1. The Labute approximate surface area is 124 Å². The van der Waals surface area contributed by atoms with E-state index in [1.807, 2.05) is 0 Å². The molecule has 0 bridgehead atoms. The lowest BCUT2D eigenvalue weighted by Crippen LogP contribution is -2.31. The average molecular weight is 314 g/mol. The van der Waals surface area contributed by atoms with Crippen molar-refractivity contribution in [2.24, 2.45) is 5.92 Å². The lowest BCUT2D eigenvalue weighted by atomic mass is 9.83. The van der Waals surface area contributed by atoms with Gasteiger partial charge in [-0.2, -0.15) is 0 Å². The van der Waals surface area contributed by atoms with Gasteiger partial charge in [0.25, 0.3) is 0 Å². The van der Waals surface area contributed by atoms with Gasteiger partial charge in [-0.1, -0.05) is 6.42 Å². The van der Waals surface area contributed by atoms with E-state index in [1.54, 1.807) is 0 Å². The van der Waals surface area contributed by atoms with E-state index in [0.717, 1.165) is 6.07 Å². The molecule has 0 heterocycles. The van der Waals surface area contributed by atoms with Gasteiger partial charge >= 0.3 is 0 Å². The molecular formula is C15H19FO4S. The highest BCUT2D eigenvalue weighted by Crippen LogP contribution is 2.31. The number of hydrogen-bond acceptors (Lipinski definition) is 4. The van der Waals surface area contributed by atoms with Crippen molar-refractivity contribution < 1.29 is 22.3 Å². The van der Waals surface area contributed by atoms with Gasteiger partial charge in [-0.3, -0.25) is 4.79 Å². The molecule has 1 aliphatic rings. The summed E-state index contributed by atoms with van der Waals surface area (Å²) < 4.78 is 41.8. The van der Waals surface area contributed by atoms with Crippen LogP contribution < -0.4 is 4.74 Å². The van der Waals surface area contributed by atoms with Crippen molar-refractivity contribution >= 4 is 15.6 Å². The summed E-state index contributed by atoms with van der Waals surface area (Å²) in [6, 6.07) is 4.10.